The van der Waals surface area contributed by atoms with E-state index in [2.05, 4.69) is 0 Å². The number of nitrogen functional groups attached to an aromatic ring is 1. The van der Waals surface area contributed by atoms with Crippen LogP contribution in [0.5, 0.6) is 0 Å². The zero-order valence-corrected chi connectivity index (χ0v) is 17.0. The molecule has 14 heteroatoms. The lowest BCUT2D eigenvalue weighted by atomic mass is 9.89. The number of rotatable bonds is 4. The number of halogens is 7. The van der Waals surface area contributed by atoms with Crippen molar-refractivity contribution in [3.63, 3.8) is 0 Å². The summed E-state index contributed by atoms with van der Waals surface area (Å²) in [6, 6.07) is 6.01. The molecule has 0 heterocycles. The number of amides is 1. The topological polar surface area (TPSA) is 101 Å². The predicted molar refractivity (Wildman–Crippen MR) is 99.5 cm³/mol. The van der Waals surface area contributed by atoms with Gasteiger partial charge in [-0.25, -0.2) is 4.39 Å². The van der Waals surface area contributed by atoms with Crippen LogP contribution in [-0.2, 0) is 15.8 Å². The van der Waals surface area contributed by atoms with Crippen molar-refractivity contribution >= 4 is 27.4 Å². The molecule has 0 atom stereocenters. The molecule has 2 aromatic carbocycles. The summed E-state index contributed by atoms with van der Waals surface area (Å²) in [5.41, 5.74) is -4.86. The van der Waals surface area contributed by atoms with Gasteiger partial charge in [0, 0.05) is 29.5 Å². The summed E-state index contributed by atoms with van der Waals surface area (Å²) in [5, 5.41) is 0. The fourth-order valence-corrected chi connectivity index (χ4v) is 3.89. The van der Waals surface area contributed by atoms with Crippen LogP contribution >= 0.6 is 0 Å². The van der Waals surface area contributed by atoms with Crippen molar-refractivity contribution in [2.75, 3.05) is 17.7 Å². The highest BCUT2D eigenvalue weighted by Gasteiger charge is 2.75. The quantitative estimate of drug-likeness (QED) is 0.378. The maximum absolute atomic E-state index is 14.9. The molecule has 0 aliphatic rings. The Labute approximate surface area is 177 Å². The SMILES string of the molecule is Cc1c(N(C)C(=O)c2cccc(N)c2)ccc(S(=O)(=O)O)c1C(F)(C(F)(F)F)C(F)(F)F. The second kappa shape index (κ2) is 7.92. The maximum atomic E-state index is 14.9. The Morgan fingerprint density at radius 1 is 1.00 bits per heavy atom. The van der Waals surface area contributed by atoms with Gasteiger partial charge in [-0.1, -0.05) is 6.07 Å². The van der Waals surface area contributed by atoms with E-state index in [0.29, 0.717) is 17.9 Å². The lowest BCUT2D eigenvalue weighted by Crippen LogP contribution is -2.51. The minimum atomic E-state index is -6.66. The van der Waals surface area contributed by atoms with Gasteiger partial charge in [0.15, 0.2) is 0 Å². The highest BCUT2D eigenvalue weighted by atomic mass is 32.2. The van der Waals surface area contributed by atoms with Gasteiger partial charge in [0.05, 0.1) is 0 Å². The predicted octanol–water partition coefficient (Wildman–Crippen LogP) is 4.39. The van der Waals surface area contributed by atoms with E-state index >= 15 is 0 Å². The van der Waals surface area contributed by atoms with E-state index in [4.69, 9.17) is 5.73 Å². The molecule has 0 aliphatic heterocycles. The van der Waals surface area contributed by atoms with E-state index in [1.54, 1.807) is 0 Å². The van der Waals surface area contributed by atoms with Gasteiger partial charge in [-0.15, -0.1) is 0 Å². The summed E-state index contributed by atoms with van der Waals surface area (Å²) in [4.78, 5) is 11.3. The number of carbonyl (C=O) groups is 1. The van der Waals surface area contributed by atoms with Crippen LogP contribution in [-0.4, -0.2) is 38.3 Å². The molecule has 1 amide bonds. The number of hydrogen-bond donors (Lipinski definition) is 2. The first kappa shape index (κ1) is 25.4. The van der Waals surface area contributed by atoms with Gasteiger partial charge in [0.25, 0.3) is 16.0 Å². The number of anilines is 2. The largest absolute Gasteiger partial charge is 0.436 e. The van der Waals surface area contributed by atoms with Crippen molar-refractivity contribution < 1.29 is 48.5 Å². The van der Waals surface area contributed by atoms with Crippen LogP contribution in [0.25, 0.3) is 0 Å². The van der Waals surface area contributed by atoms with Crippen LogP contribution in [0.15, 0.2) is 41.3 Å². The highest BCUT2D eigenvalue weighted by molar-refractivity contribution is 7.85. The van der Waals surface area contributed by atoms with Crippen LogP contribution in [0.3, 0.4) is 0 Å². The van der Waals surface area contributed by atoms with Gasteiger partial charge in [0.2, 0.25) is 0 Å². The Hall–Kier alpha value is -2.87. The molecular formula is C18H15F7N2O4S. The minimum Gasteiger partial charge on any atom is -0.399 e. The molecule has 3 N–H and O–H groups in total. The maximum Gasteiger partial charge on any atom is 0.436 e. The Balaban J connectivity index is 2.88. The Morgan fingerprint density at radius 2 is 1.53 bits per heavy atom. The smallest absolute Gasteiger partial charge is 0.399 e. The van der Waals surface area contributed by atoms with Crippen molar-refractivity contribution in [1.82, 2.24) is 0 Å². The molecule has 0 radical (unpaired) electrons. The fourth-order valence-electron chi connectivity index (χ4n) is 3.10. The Kier molecular flexibility index (Phi) is 6.28. The average Bonchev–Trinajstić information content (AvgIpc) is 2.63. The van der Waals surface area contributed by atoms with Crippen LogP contribution in [0.2, 0.25) is 0 Å². The van der Waals surface area contributed by atoms with Gasteiger partial charge < -0.3 is 10.6 Å². The van der Waals surface area contributed by atoms with Gasteiger partial charge in [-0.05, 0) is 42.8 Å². The Morgan fingerprint density at radius 3 is 1.97 bits per heavy atom. The standard InChI is InChI=1S/C18H15F7N2O4S/c1-9-12(27(2)15(28)10-4-3-5-11(26)8-10)6-7-13(32(29,30)31)14(9)16(19,17(20,21)22)18(23,24)25/h3-8H,26H2,1-2H3,(H,29,30,31). The molecule has 6 nitrogen and oxygen atoms in total. The molecule has 2 aromatic rings. The number of carbonyl (C=O) groups excluding carboxylic acids is 1. The second-order valence-corrected chi connectivity index (χ2v) is 8.09. The van der Waals surface area contributed by atoms with E-state index in [1.807, 2.05) is 0 Å². The first-order valence-electron chi connectivity index (χ1n) is 8.41. The minimum absolute atomic E-state index is 0.106. The second-order valence-electron chi connectivity index (χ2n) is 6.70. The molecule has 0 bridgehead atoms. The highest BCUT2D eigenvalue weighted by Crippen LogP contribution is 2.56. The summed E-state index contributed by atoms with van der Waals surface area (Å²) in [6.07, 6.45) is -13.3. The lowest BCUT2D eigenvalue weighted by Gasteiger charge is -2.34. The van der Waals surface area contributed by atoms with Crippen molar-refractivity contribution in [3.8, 4) is 0 Å². The molecule has 0 saturated heterocycles. The lowest BCUT2D eigenvalue weighted by molar-refractivity contribution is -0.349. The van der Waals surface area contributed by atoms with Crippen LogP contribution in [0.4, 0.5) is 42.1 Å². The molecule has 0 unspecified atom stereocenters. The third kappa shape index (κ3) is 4.24. The van der Waals surface area contributed by atoms with Crippen molar-refractivity contribution in [2.24, 2.45) is 0 Å². The molecule has 32 heavy (non-hydrogen) atoms. The summed E-state index contributed by atoms with van der Waals surface area (Å²) >= 11 is 0. The average molecular weight is 488 g/mol. The van der Waals surface area contributed by atoms with E-state index in [-0.39, 0.29) is 17.3 Å². The van der Waals surface area contributed by atoms with E-state index < -0.39 is 55.8 Å². The van der Waals surface area contributed by atoms with Crippen LogP contribution in [0.1, 0.15) is 21.5 Å². The van der Waals surface area contributed by atoms with Crippen molar-refractivity contribution in [3.05, 3.63) is 53.1 Å². The summed E-state index contributed by atoms with van der Waals surface area (Å²) in [6.45, 7) is 0.564. The number of nitrogens with zero attached hydrogens (tertiary/aromatic N) is 1. The van der Waals surface area contributed by atoms with Gasteiger partial charge in [-0.3, -0.25) is 9.35 Å². The molecule has 0 fully saturated rings. The summed E-state index contributed by atoms with van der Waals surface area (Å²) in [5.74, 6) is -0.950. The number of alkyl halides is 7. The summed E-state index contributed by atoms with van der Waals surface area (Å²) in [7, 11) is -4.78. The Bertz CT molecular complexity index is 1150. The molecule has 2 rings (SSSR count). The number of nitrogens with two attached hydrogens (primary N) is 1. The van der Waals surface area contributed by atoms with Crippen LogP contribution in [0, 0.1) is 6.92 Å². The molecule has 0 spiro atoms. The molecule has 0 aromatic heterocycles. The van der Waals surface area contributed by atoms with Gasteiger partial charge >= 0.3 is 18.0 Å². The van der Waals surface area contributed by atoms with Crippen molar-refractivity contribution in [1.29, 1.82) is 0 Å². The monoisotopic (exact) mass is 488 g/mol. The van der Waals surface area contributed by atoms with Crippen LogP contribution < -0.4 is 10.6 Å². The zero-order valence-electron chi connectivity index (χ0n) is 16.2. The third-order valence-electron chi connectivity index (χ3n) is 4.60. The van der Waals surface area contributed by atoms with E-state index in [0.717, 1.165) is 7.05 Å². The zero-order chi connectivity index (χ0) is 24.9. The third-order valence-corrected chi connectivity index (χ3v) is 5.50. The van der Waals surface area contributed by atoms with E-state index in [9.17, 15) is 48.5 Å². The van der Waals surface area contributed by atoms with Gasteiger partial charge in [0.1, 0.15) is 4.90 Å². The van der Waals surface area contributed by atoms with E-state index in [1.165, 1.54) is 24.3 Å². The normalized spacial score (nSPS) is 13.2. The first-order chi connectivity index (χ1) is 14.3. The molecule has 0 saturated carbocycles. The summed E-state index contributed by atoms with van der Waals surface area (Å²) < 4.78 is 127. The van der Waals surface area contributed by atoms with Gasteiger partial charge in [-0.2, -0.15) is 34.8 Å². The number of hydrogen-bond acceptors (Lipinski definition) is 4. The first-order valence-corrected chi connectivity index (χ1v) is 9.85. The fraction of sp³-hybridized carbons (Fsp3) is 0.278. The molecule has 176 valence electrons. The molecule has 0 aliphatic carbocycles. The van der Waals surface area contributed by atoms with Crippen molar-refractivity contribution in [2.45, 2.75) is 29.8 Å². The number of benzene rings is 2. The molecular weight excluding hydrogens is 473 g/mol.